The van der Waals surface area contributed by atoms with E-state index in [2.05, 4.69) is 101 Å². The van der Waals surface area contributed by atoms with Gasteiger partial charge in [0, 0.05) is 11.4 Å². The first-order valence-corrected chi connectivity index (χ1v) is 16.4. The van der Waals surface area contributed by atoms with Crippen LogP contribution in [0.5, 0.6) is 0 Å². The average Bonchev–Trinajstić information content (AvgIpc) is 3.08. The van der Waals surface area contributed by atoms with Crippen LogP contribution in [0, 0.1) is 17.8 Å². The van der Waals surface area contributed by atoms with E-state index in [-0.39, 0.29) is 5.54 Å². The molecule has 0 radical (unpaired) electrons. The number of hydrogen-bond donors (Lipinski definition) is 0. The van der Waals surface area contributed by atoms with Gasteiger partial charge in [0.2, 0.25) is 0 Å². The molecular weight excluding hydrogens is 472 g/mol. The molecule has 2 nitrogen and oxygen atoms in total. The molecule has 0 heterocycles. The average molecular weight is 540 g/mol. The SMILES string of the molecule is C=C(C=C(C)N=C(C)CC(C)CCCCC)C1CCCC(CC(C=C(C)C)=CC(C)(C)[N+](C)(CC)CC)CC1. The van der Waals surface area contributed by atoms with E-state index < -0.39 is 0 Å². The third kappa shape index (κ3) is 12.8. The van der Waals surface area contributed by atoms with Crippen molar-refractivity contribution in [3.63, 3.8) is 0 Å². The molecule has 1 aliphatic rings. The van der Waals surface area contributed by atoms with E-state index in [1.165, 1.54) is 86.6 Å². The Hall–Kier alpha value is -1.41. The molecule has 0 spiro atoms. The highest BCUT2D eigenvalue weighted by molar-refractivity contribution is 5.83. The first-order valence-electron chi connectivity index (χ1n) is 16.4. The second-order valence-corrected chi connectivity index (χ2v) is 13.9. The van der Waals surface area contributed by atoms with Crippen LogP contribution in [0.2, 0.25) is 0 Å². The van der Waals surface area contributed by atoms with E-state index in [1.807, 2.05) is 0 Å². The molecule has 1 aliphatic carbocycles. The highest BCUT2D eigenvalue weighted by Crippen LogP contribution is 2.36. The lowest BCUT2D eigenvalue weighted by Gasteiger charge is -2.45. The van der Waals surface area contributed by atoms with Crippen molar-refractivity contribution in [2.75, 3.05) is 20.1 Å². The molecule has 1 saturated carbocycles. The zero-order valence-electron chi connectivity index (χ0n) is 28.3. The zero-order valence-corrected chi connectivity index (χ0v) is 28.3. The van der Waals surface area contributed by atoms with Crippen molar-refractivity contribution in [2.45, 2.75) is 145 Å². The number of quaternary nitrogens is 1. The van der Waals surface area contributed by atoms with Crippen LogP contribution in [-0.2, 0) is 0 Å². The van der Waals surface area contributed by atoms with Crippen LogP contribution in [0.3, 0.4) is 0 Å². The van der Waals surface area contributed by atoms with Crippen LogP contribution >= 0.6 is 0 Å². The number of hydrogen-bond acceptors (Lipinski definition) is 1. The summed E-state index contributed by atoms with van der Waals surface area (Å²) in [6, 6.07) is 0. The molecule has 3 unspecified atom stereocenters. The smallest absolute Gasteiger partial charge is 0.112 e. The Labute approximate surface area is 245 Å². The molecule has 0 aromatic carbocycles. The monoisotopic (exact) mass is 540 g/mol. The Morgan fingerprint density at radius 1 is 0.974 bits per heavy atom. The number of rotatable bonds is 16. The predicted octanol–water partition coefficient (Wildman–Crippen LogP) is 11.3. The Bertz CT molecular complexity index is 858. The minimum atomic E-state index is 0.126. The van der Waals surface area contributed by atoms with Gasteiger partial charge in [0.1, 0.15) is 5.54 Å². The largest absolute Gasteiger partial charge is 0.319 e. The molecule has 0 aromatic rings. The van der Waals surface area contributed by atoms with E-state index in [4.69, 9.17) is 4.99 Å². The van der Waals surface area contributed by atoms with Gasteiger partial charge in [0.25, 0.3) is 0 Å². The van der Waals surface area contributed by atoms with E-state index in [1.54, 1.807) is 0 Å². The Balaban J connectivity index is 2.85. The molecule has 2 heteroatoms. The van der Waals surface area contributed by atoms with Crippen molar-refractivity contribution in [2.24, 2.45) is 22.7 Å². The number of nitrogens with zero attached hydrogens (tertiary/aromatic N) is 2. The molecule has 0 amide bonds. The highest BCUT2D eigenvalue weighted by atomic mass is 15.4. The van der Waals surface area contributed by atoms with Crippen LogP contribution in [0.4, 0.5) is 0 Å². The lowest BCUT2D eigenvalue weighted by atomic mass is 9.87. The third-order valence-corrected chi connectivity index (χ3v) is 9.64. The van der Waals surface area contributed by atoms with Crippen LogP contribution in [-0.4, -0.2) is 35.9 Å². The normalized spacial score (nSPS) is 20.9. The minimum absolute atomic E-state index is 0.126. The van der Waals surface area contributed by atoms with E-state index in [0.717, 1.165) is 41.5 Å². The topological polar surface area (TPSA) is 12.4 Å². The van der Waals surface area contributed by atoms with Crippen molar-refractivity contribution in [1.29, 1.82) is 0 Å². The minimum Gasteiger partial charge on any atom is -0.319 e. The first-order chi connectivity index (χ1) is 18.3. The molecule has 1 fully saturated rings. The molecule has 0 saturated heterocycles. The Morgan fingerprint density at radius 2 is 1.64 bits per heavy atom. The van der Waals surface area contributed by atoms with Gasteiger partial charge in [-0.1, -0.05) is 76.2 Å². The van der Waals surface area contributed by atoms with Gasteiger partial charge in [0.05, 0.1) is 20.1 Å². The molecule has 224 valence electrons. The van der Waals surface area contributed by atoms with Gasteiger partial charge >= 0.3 is 0 Å². The fourth-order valence-corrected chi connectivity index (χ4v) is 6.58. The summed E-state index contributed by atoms with van der Waals surface area (Å²) < 4.78 is 1.07. The molecular formula is C37H67N2+. The maximum absolute atomic E-state index is 4.95. The number of unbranched alkanes of at least 4 members (excludes halogenated alkanes) is 2. The van der Waals surface area contributed by atoms with Gasteiger partial charge in [-0.25, -0.2) is 0 Å². The Kier molecular flexibility index (Phi) is 15.9. The van der Waals surface area contributed by atoms with Gasteiger partial charge in [-0.2, -0.15) is 0 Å². The summed E-state index contributed by atoms with van der Waals surface area (Å²) in [4.78, 5) is 4.95. The first kappa shape index (κ1) is 35.6. The Morgan fingerprint density at radius 3 is 2.23 bits per heavy atom. The summed E-state index contributed by atoms with van der Waals surface area (Å²) in [6.07, 6.45) is 21.4. The number of allylic oxidation sites excluding steroid dienone is 6. The lowest BCUT2D eigenvalue weighted by Crippen LogP contribution is -2.57. The summed E-state index contributed by atoms with van der Waals surface area (Å²) >= 11 is 0. The van der Waals surface area contributed by atoms with Gasteiger partial charge < -0.3 is 4.48 Å². The van der Waals surface area contributed by atoms with Gasteiger partial charge in [-0.05, 0) is 123 Å². The van der Waals surface area contributed by atoms with Gasteiger partial charge in [-0.15, -0.1) is 0 Å². The predicted molar refractivity (Wildman–Crippen MR) is 177 cm³/mol. The van der Waals surface area contributed by atoms with Crippen molar-refractivity contribution >= 4 is 5.71 Å². The van der Waals surface area contributed by atoms with Crippen molar-refractivity contribution in [3.05, 3.63) is 47.2 Å². The van der Waals surface area contributed by atoms with Crippen LogP contribution < -0.4 is 0 Å². The second kappa shape index (κ2) is 17.4. The molecule has 3 atom stereocenters. The van der Waals surface area contributed by atoms with Crippen LogP contribution in [0.25, 0.3) is 0 Å². The van der Waals surface area contributed by atoms with E-state index >= 15 is 0 Å². The molecule has 39 heavy (non-hydrogen) atoms. The van der Waals surface area contributed by atoms with E-state index in [9.17, 15) is 0 Å². The second-order valence-electron chi connectivity index (χ2n) is 13.9. The van der Waals surface area contributed by atoms with E-state index in [0.29, 0.717) is 5.92 Å². The summed E-state index contributed by atoms with van der Waals surface area (Å²) in [6.45, 7) is 29.9. The third-order valence-electron chi connectivity index (χ3n) is 9.64. The van der Waals surface area contributed by atoms with Crippen molar-refractivity contribution < 1.29 is 4.48 Å². The molecule has 0 aliphatic heterocycles. The summed E-state index contributed by atoms with van der Waals surface area (Å²) in [5, 5.41) is 0. The maximum atomic E-state index is 4.95. The van der Waals surface area contributed by atoms with Crippen LogP contribution in [0.1, 0.15) is 140 Å². The van der Waals surface area contributed by atoms with Crippen molar-refractivity contribution in [3.8, 4) is 0 Å². The number of aliphatic imine (C=N–C) groups is 1. The van der Waals surface area contributed by atoms with Crippen LogP contribution in [0.15, 0.2) is 52.2 Å². The summed E-state index contributed by atoms with van der Waals surface area (Å²) in [7, 11) is 2.41. The molecule has 0 bridgehead atoms. The summed E-state index contributed by atoms with van der Waals surface area (Å²) in [5.41, 5.74) is 6.76. The lowest BCUT2D eigenvalue weighted by molar-refractivity contribution is -0.945. The standard InChI is InChI=1S/C37H67N2/c1-13-16-17-19-30(6)25-32(8)38-33(9)26-31(7)36-21-18-20-34(22-23-36)27-35(24-29(4)5)28-37(10,11)39(12,14-2)15-3/h24,26,28,30,34,36H,7,13-23,25,27H2,1-6,8-12H3/q+1. The highest BCUT2D eigenvalue weighted by Gasteiger charge is 2.36. The molecule has 0 aromatic heterocycles. The maximum Gasteiger partial charge on any atom is 0.112 e. The quantitative estimate of drug-likeness (QED) is 0.0608. The summed E-state index contributed by atoms with van der Waals surface area (Å²) in [5.74, 6) is 2.09. The molecule has 1 rings (SSSR count). The molecule has 0 N–H and O–H groups in total. The fourth-order valence-electron chi connectivity index (χ4n) is 6.58. The van der Waals surface area contributed by atoms with Gasteiger partial charge in [-0.3, -0.25) is 4.99 Å². The van der Waals surface area contributed by atoms with Crippen molar-refractivity contribution in [1.82, 2.24) is 0 Å². The number of likely N-dealkylation sites (N-methyl/N-ethyl adjacent to an activating group) is 1. The van der Waals surface area contributed by atoms with Gasteiger partial charge in [0.15, 0.2) is 0 Å². The zero-order chi connectivity index (χ0) is 29.6. The fraction of sp³-hybridized carbons (Fsp3) is 0.757.